The van der Waals surface area contributed by atoms with Crippen LogP contribution in [0.3, 0.4) is 0 Å². The van der Waals surface area contributed by atoms with Gasteiger partial charge in [-0.2, -0.15) is 0 Å². The summed E-state index contributed by atoms with van der Waals surface area (Å²) in [6.45, 7) is 19.5. The van der Waals surface area contributed by atoms with Gasteiger partial charge in [-0.05, 0) is 32.9 Å². The summed E-state index contributed by atoms with van der Waals surface area (Å²) in [6.07, 6.45) is 2.72. The molecule has 2 rings (SSSR count). The Morgan fingerprint density at radius 3 is 1.79 bits per heavy atom. The molecule has 1 aromatic rings. The average Bonchev–Trinajstić information content (AvgIpc) is 3.81. The molecule has 0 aliphatic carbocycles. The van der Waals surface area contributed by atoms with Crippen LogP contribution in [-0.2, 0) is 52.7 Å². The number of carbonyl (C=O) groups excluding carboxylic acids is 4. The molecule has 0 aromatic heterocycles. The summed E-state index contributed by atoms with van der Waals surface area (Å²) >= 11 is 0. The highest BCUT2D eigenvalue weighted by atomic mass is 32.2. The third-order valence-electron chi connectivity index (χ3n) is 4.54. The molecule has 13 heteroatoms. The standard InChI is InChI=1S/C12H14O4S.C7H10O3.C6H10O3.C5H8O2/c1-3-12(13)16-8-9-17(14,15)11-6-4-10(2)5-7-11;1-5(2)7(8)10-4-6-3-9-6;1-2-6(8)9-5-3-4-7;1-4(2)5(6)7-3/h3-7H,1,8-9H2,2H3;6H,1,3-4H2,2H3;2,7H,1,3-5H2;1H2,2-3H3. The maximum Gasteiger partial charge on any atom is 0.333 e. The Hall–Kier alpha value is -4.07. The van der Waals surface area contributed by atoms with Gasteiger partial charge in [-0.1, -0.05) is 44.0 Å². The van der Waals surface area contributed by atoms with E-state index in [9.17, 15) is 27.6 Å². The van der Waals surface area contributed by atoms with Crippen molar-refractivity contribution in [3.63, 3.8) is 0 Å². The van der Waals surface area contributed by atoms with E-state index in [0.717, 1.165) is 17.7 Å². The zero-order valence-electron chi connectivity index (χ0n) is 25.2. The molecule has 43 heavy (non-hydrogen) atoms. The van der Waals surface area contributed by atoms with Gasteiger partial charge in [0.05, 0.1) is 31.0 Å². The zero-order valence-corrected chi connectivity index (χ0v) is 26.0. The number of sulfone groups is 1. The molecule has 1 fully saturated rings. The van der Waals surface area contributed by atoms with Crippen LogP contribution < -0.4 is 0 Å². The normalized spacial score (nSPS) is 12.4. The van der Waals surface area contributed by atoms with Gasteiger partial charge in [0.25, 0.3) is 0 Å². The Bertz CT molecular complexity index is 1180. The van der Waals surface area contributed by atoms with Crippen molar-refractivity contribution in [3.05, 3.63) is 79.4 Å². The molecule has 0 radical (unpaired) electrons. The molecule has 12 nitrogen and oxygen atoms in total. The number of rotatable bonds is 13. The minimum atomic E-state index is -3.39. The Kier molecular flexibility index (Phi) is 22.4. The first-order valence-electron chi connectivity index (χ1n) is 12.8. The van der Waals surface area contributed by atoms with E-state index < -0.39 is 21.8 Å². The van der Waals surface area contributed by atoms with Crippen LogP contribution in [-0.4, -0.2) is 89.4 Å². The molecular formula is C30H42O12S. The van der Waals surface area contributed by atoms with E-state index in [0.29, 0.717) is 30.8 Å². The highest BCUT2D eigenvalue weighted by molar-refractivity contribution is 7.91. The first-order valence-corrected chi connectivity index (χ1v) is 14.5. The molecule has 0 saturated carbocycles. The lowest BCUT2D eigenvalue weighted by molar-refractivity contribution is -0.139. The SMILES string of the molecule is C=C(C)C(=O)OC.C=C(C)C(=O)OCC1CO1.C=CC(=O)OCCCO.C=CC(=O)OCCS(=O)(=O)c1ccc(C)cc1. The Morgan fingerprint density at radius 2 is 1.42 bits per heavy atom. The van der Waals surface area contributed by atoms with Crippen molar-refractivity contribution in [1.82, 2.24) is 0 Å². The Balaban J connectivity index is 0. The molecule has 1 N–H and O–H groups in total. The summed E-state index contributed by atoms with van der Waals surface area (Å²) in [6, 6.07) is 6.53. The molecule has 240 valence electrons. The topological polar surface area (TPSA) is 172 Å². The van der Waals surface area contributed by atoms with Crippen LogP contribution in [0, 0.1) is 6.92 Å². The summed E-state index contributed by atoms with van der Waals surface area (Å²) < 4.78 is 46.6. The highest BCUT2D eigenvalue weighted by Gasteiger charge is 2.24. The van der Waals surface area contributed by atoms with Gasteiger partial charge >= 0.3 is 23.9 Å². The maximum absolute atomic E-state index is 11.8. The molecule has 1 atom stereocenters. The van der Waals surface area contributed by atoms with Crippen molar-refractivity contribution in [1.29, 1.82) is 0 Å². The summed E-state index contributed by atoms with van der Waals surface area (Å²) in [4.78, 5) is 42.1. The molecule has 0 bridgehead atoms. The zero-order chi connectivity index (χ0) is 33.4. The largest absolute Gasteiger partial charge is 0.466 e. The number of aryl methyl sites for hydroxylation is 1. The molecule has 1 aliphatic rings. The van der Waals surface area contributed by atoms with Gasteiger partial charge in [0, 0.05) is 36.3 Å². The smallest absolute Gasteiger partial charge is 0.333 e. The number of ether oxygens (including phenoxy) is 5. The second kappa shape index (κ2) is 23.5. The van der Waals surface area contributed by atoms with Crippen LogP contribution >= 0.6 is 0 Å². The van der Waals surface area contributed by atoms with Crippen molar-refractivity contribution in [3.8, 4) is 0 Å². The van der Waals surface area contributed by atoms with Crippen LogP contribution in [0.25, 0.3) is 0 Å². The van der Waals surface area contributed by atoms with E-state index in [4.69, 9.17) is 14.6 Å². The summed E-state index contributed by atoms with van der Waals surface area (Å²) in [7, 11) is -2.06. The fourth-order valence-electron chi connectivity index (χ4n) is 2.10. The quantitative estimate of drug-likeness (QED) is 0.112. The molecule has 1 unspecified atom stereocenters. The molecule has 1 aliphatic heterocycles. The fourth-order valence-corrected chi connectivity index (χ4v) is 3.19. The first kappa shape index (κ1) is 41.1. The number of hydrogen-bond acceptors (Lipinski definition) is 12. The van der Waals surface area contributed by atoms with Crippen LogP contribution in [0.4, 0.5) is 0 Å². The van der Waals surface area contributed by atoms with Gasteiger partial charge in [0.15, 0.2) is 9.84 Å². The molecule has 1 saturated heterocycles. The number of esters is 4. The van der Waals surface area contributed by atoms with E-state index >= 15 is 0 Å². The third kappa shape index (κ3) is 23.2. The van der Waals surface area contributed by atoms with E-state index in [1.165, 1.54) is 7.11 Å². The van der Waals surface area contributed by atoms with Crippen molar-refractivity contribution in [2.24, 2.45) is 0 Å². The van der Waals surface area contributed by atoms with Gasteiger partial charge < -0.3 is 28.8 Å². The monoisotopic (exact) mass is 626 g/mol. The third-order valence-corrected chi connectivity index (χ3v) is 6.24. The number of aliphatic hydroxyl groups is 1. The van der Waals surface area contributed by atoms with Gasteiger partial charge in [-0.15, -0.1) is 0 Å². The molecular weight excluding hydrogens is 584 g/mol. The molecule has 0 amide bonds. The van der Waals surface area contributed by atoms with E-state index in [1.807, 2.05) is 6.92 Å². The number of benzene rings is 1. The minimum Gasteiger partial charge on any atom is -0.466 e. The lowest BCUT2D eigenvalue weighted by Gasteiger charge is -2.05. The van der Waals surface area contributed by atoms with Gasteiger partial charge in [-0.3, -0.25) is 0 Å². The number of epoxide rings is 1. The highest BCUT2D eigenvalue weighted by Crippen LogP contribution is 2.12. The number of aliphatic hydroxyl groups excluding tert-OH is 1. The van der Waals surface area contributed by atoms with Gasteiger partial charge in [-0.25, -0.2) is 27.6 Å². The average molecular weight is 627 g/mol. The van der Waals surface area contributed by atoms with E-state index in [1.54, 1.807) is 38.1 Å². The van der Waals surface area contributed by atoms with Crippen molar-refractivity contribution in [2.75, 3.05) is 45.9 Å². The fraction of sp³-hybridized carbons (Fsp3) is 0.400. The Morgan fingerprint density at radius 1 is 0.930 bits per heavy atom. The molecule has 0 spiro atoms. The first-order chi connectivity index (χ1) is 20.1. The summed E-state index contributed by atoms with van der Waals surface area (Å²) in [5.41, 5.74) is 1.85. The van der Waals surface area contributed by atoms with Gasteiger partial charge in [0.1, 0.15) is 19.3 Å². The van der Waals surface area contributed by atoms with Crippen LogP contribution in [0.2, 0.25) is 0 Å². The number of methoxy groups -OCH3 is 1. The van der Waals surface area contributed by atoms with E-state index in [2.05, 4.69) is 40.5 Å². The van der Waals surface area contributed by atoms with Crippen molar-refractivity contribution >= 4 is 33.7 Å². The predicted octanol–water partition coefficient (Wildman–Crippen LogP) is 2.84. The maximum atomic E-state index is 11.8. The predicted molar refractivity (Wildman–Crippen MR) is 160 cm³/mol. The lowest BCUT2D eigenvalue weighted by Crippen LogP contribution is -2.14. The summed E-state index contributed by atoms with van der Waals surface area (Å²) in [5.74, 6) is -1.97. The number of carbonyl (C=O) groups is 4. The van der Waals surface area contributed by atoms with Crippen LogP contribution in [0.5, 0.6) is 0 Å². The van der Waals surface area contributed by atoms with Crippen molar-refractivity contribution in [2.45, 2.75) is 38.2 Å². The summed E-state index contributed by atoms with van der Waals surface area (Å²) in [5, 5.41) is 8.23. The van der Waals surface area contributed by atoms with Gasteiger partial charge in [0.2, 0.25) is 0 Å². The second-order valence-corrected chi connectivity index (χ2v) is 10.7. The minimum absolute atomic E-state index is 0.0461. The second-order valence-electron chi connectivity index (χ2n) is 8.56. The van der Waals surface area contributed by atoms with Crippen LogP contribution in [0.15, 0.2) is 78.8 Å². The van der Waals surface area contributed by atoms with Crippen molar-refractivity contribution < 1.29 is 56.4 Å². The Labute approximate surface area is 253 Å². The van der Waals surface area contributed by atoms with Crippen LogP contribution in [0.1, 0.15) is 25.8 Å². The number of hydrogen-bond donors (Lipinski definition) is 1. The lowest BCUT2D eigenvalue weighted by atomic mass is 10.2. The van der Waals surface area contributed by atoms with E-state index in [-0.39, 0.29) is 48.5 Å². The molecule has 1 aromatic carbocycles. The molecule has 1 heterocycles.